The molecule has 1 N–H and O–H groups in total. The Hall–Kier alpha value is -1.88. The molecule has 1 amide bonds. The van der Waals surface area contributed by atoms with Crippen molar-refractivity contribution in [3.8, 4) is 0 Å². The summed E-state index contributed by atoms with van der Waals surface area (Å²) in [5.41, 5.74) is 3.35. The lowest BCUT2D eigenvalue weighted by Crippen LogP contribution is -2.35. The molecule has 1 aliphatic rings. The van der Waals surface area contributed by atoms with Crippen LogP contribution in [0.4, 0.5) is 5.69 Å². The summed E-state index contributed by atoms with van der Waals surface area (Å²) in [6.07, 6.45) is 2.66. The summed E-state index contributed by atoms with van der Waals surface area (Å²) in [5.74, 6) is 0.0609. The number of aromatic nitrogens is 1. The summed E-state index contributed by atoms with van der Waals surface area (Å²) < 4.78 is 4.04. The molecule has 104 valence electrons. The molecule has 0 spiro atoms. The first-order chi connectivity index (χ1) is 9.75. The van der Waals surface area contributed by atoms with Gasteiger partial charge >= 0.3 is 0 Å². The second kappa shape index (κ2) is 5.63. The Balaban J connectivity index is 1.74. The maximum atomic E-state index is 12.4. The van der Waals surface area contributed by atoms with E-state index in [1.54, 1.807) is 6.20 Å². The zero-order valence-electron chi connectivity index (χ0n) is 11.4. The van der Waals surface area contributed by atoms with Crippen LogP contribution in [0, 0.1) is 0 Å². The average Bonchev–Trinajstić information content (AvgIpc) is 2.99. The summed E-state index contributed by atoms with van der Waals surface area (Å²) >= 11 is 1.41. The molecular formula is C15H17N3OS. The van der Waals surface area contributed by atoms with Crippen LogP contribution in [-0.2, 0) is 11.3 Å². The maximum Gasteiger partial charge on any atom is 0.227 e. The molecule has 2 heterocycles. The van der Waals surface area contributed by atoms with Crippen LogP contribution in [0.3, 0.4) is 0 Å². The molecule has 0 radical (unpaired) electrons. The topological polar surface area (TPSA) is 45.2 Å². The molecule has 20 heavy (non-hydrogen) atoms. The molecule has 0 fully saturated rings. The minimum Gasteiger partial charge on any atom is -0.374 e. The monoisotopic (exact) mass is 287 g/mol. The third kappa shape index (κ3) is 2.54. The van der Waals surface area contributed by atoms with Crippen molar-refractivity contribution in [2.45, 2.75) is 18.9 Å². The molecule has 1 unspecified atom stereocenters. The number of hydrogen-bond donors (Lipinski definition) is 1. The van der Waals surface area contributed by atoms with Gasteiger partial charge in [-0.15, -0.1) is 0 Å². The number of carbonyl (C=O) groups excluding carboxylic acids is 1. The predicted octanol–water partition coefficient (Wildman–Crippen LogP) is 2.38. The van der Waals surface area contributed by atoms with Crippen LogP contribution in [0.2, 0.25) is 0 Å². The van der Waals surface area contributed by atoms with Crippen LogP contribution in [0.1, 0.15) is 23.5 Å². The van der Waals surface area contributed by atoms with Gasteiger partial charge in [0.2, 0.25) is 5.91 Å². The number of para-hydroxylation sites is 1. The van der Waals surface area contributed by atoms with Crippen LogP contribution in [-0.4, -0.2) is 23.9 Å². The van der Waals surface area contributed by atoms with Crippen molar-refractivity contribution in [1.82, 2.24) is 9.69 Å². The number of anilines is 1. The van der Waals surface area contributed by atoms with Gasteiger partial charge in [-0.05, 0) is 29.6 Å². The normalized spacial score (nSPS) is 17.6. The molecule has 0 aliphatic carbocycles. The van der Waals surface area contributed by atoms with Crippen molar-refractivity contribution in [3.05, 3.63) is 47.0 Å². The SMILES string of the molecule is CN1CCC(C(=O)NCc2cnsc2)c2ccccc21. The van der Waals surface area contributed by atoms with E-state index < -0.39 is 0 Å². The van der Waals surface area contributed by atoms with Crippen molar-refractivity contribution < 1.29 is 4.79 Å². The minimum atomic E-state index is -0.0472. The lowest BCUT2D eigenvalue weighted by Gasteiger charge is -2.32. The third-order valence-corrected chi connectivity index (χ3v) is 4.38. The highest BCUT2D eigenvalue weighted by molar-refractivity contribution is 7.03. The average molecular weight is 287 g/mol. The van der Waals surface area contributed by atoms with Gasteiger partial charge in [0.05, 0.1) is 5.92 Å². The smallest absolute Gasteiger partial charge is 0.227 e. The van der Waals surface area contributed by atoms with E-state index >= 15 is 0 Å². The Kier molecular flexibility index (Phi) is 3.69. The lowest BCUT2D eigenvalue weighted by molar-refractivity contribution is -0.122. The van der Waals surface area contributed by atoms with Crippen LogP contribution < -0.4 is 10.2 Å². The minimum absolute atomic E-state index is 0.0472. The van der Waals surface area contributed by atoms with Gasteiger partial charge in [-0.2, -0.15) is 0 Å². The summed E-state index contributed by atoms with van der Waals surface area (Å²) in [7, 11) is 2.07. The zero-order valence-corrected chi connectivity index (χ0v) is 12.2. The highest BCUT2D eigenvalue weighted by atomic mass is 32.1. The van der Waals surface area contributed by atoms with Crippen molar-refractivity contribution in [3.63, 3.8) is 0 Å². The lowest BCUT2D eigenvalue weighted by atomic mass is 9.89. The van der Waals surface area contributed by atoms with Gasteiger partial charge in [-0.1, -0.05) is 18.2 Å². The third-order valence-electron chi connectivity index (χ3n) is 3.74. The number of amides is 1. The molecule has 5 heteroatoms. The van der Waals surface area contributed by atoms with E-state index in [9.17, 15) is 4.79 Å². The molecule has 1 atom stereocenters. The van der Waals surface area contributed by atoms with E-state index in [-0.39, 0.29) is 11.8 Å². The molecule has 2 aromatic rings. The van der Waals surface area contributed by atoms with Crippen LogP contribution >= 0.6 is 11.5 Å². The Morgan fingerprint density at radius 3 is 3.15 bits per heavy atom. The molecule has 0 saturated carbocycles. The molecule has 4 nitrogen and oxygen atoms in total. The van der Waals surface area contributed by atoms with E-state index in [0.29, 0.717) is 6.54 Å². The Morgan fingerprint density at radius 2 is 2.35 bits per heavy atom. The zero-order chi connectivity index (χ0) is 13.9. The molecule has 1 aromatic carbocycles. The van der Waals surface area contributed by atoms with Gasteiger partial charge in [0.25, 0.3) is 0 Å². The van der Waals surface area contributed by atoms with Crippen molar-refractivity contribution in [1.29, 1.82) is 0 Å². The summed E-state index contributed by atoms with van der Waals surface area (Å²) in [4.78, 5) is 14.6. The first-order valence-electron chi connectivity index (χ1n) is 6.72. The quantitative estimate of drug-likeness (QED) is 0.942. The maximum absolute atomic E-state index is 12.4. The number of hydrogen-bond acceptors (Lipinski definition) is 4. The standard InChI is InChI=1S/C15H17N3OS/c1-18-7-6-13(12-4-2-3-5-14(12)18)15(19)16-8-11-9-17-20-10-11/h2-5,9-10,13H,6-8H2,1H3,(H,16,19). The number of fused-ring (bicyclic) bond motifs is 1. The molecule has 1 aromatic heterocycles. The van der Waals surface area contributed by atoms with Crippen LogP contribution in [0.5, 0.6) is 0 Å². The molecule has 3 rings (SSSR count). The fourth-order valence-corrected chi connectivity index (χ4v) is 3.16. The number of rotatable bonds is 3. The Bertz CT molecular complexity index is 597. The van der Waals surface area contributed by atoms with E-state index in [1.165, 1.54) is 11.5 Å². The number of nitrogens with one attached hydrogen (secondary N) is 1. The van der Waals surface area contributed by atoms with Crippen molar-refractivity contribution >= 4 is 23.1 Å². The van der Waals surface area contributed by atoms with Crippen molar-refractivity contribution in [2.24, 2.45) is 0 Å². The van der Waals surface area contributed by atoms with Gasteiger partial charge in [0.1, 0.15) is 0 Å². The largest absolute Gasteiger partial charge is 0.374 e. The first-order valence-corrected chi connectivity index (χ1v) is 7.55. The molecule has 1 aliphatic heterocycles. The highest BCUT2D eigenvalue weighted by Gasteiger charge is 2.28. The van der Waals surface area contributed by atoms with E-state index in [2.05, 4.69) is 33.8 Å². The summed E-state index contributed by atoms with van der Waals surface area (Å²) in [6, 6.07) is 8.16. The Morgan fingerprint density at radius 1 is 1.50 bits per heavy atom. The Labute approximate surface area is 122 Å². The van der Waals surface area contributed by atoms with Gasteiger partial charge in [0.15, 0.2) is 0 Å². The van der Waals surface area contributed by atoms with Gasteiger partial charge < -0.3 is 10.2 Å². The van der Waals surface area contributed by atoms with E-state index in [4.69, 9.17) is 0 Å². The van der Waals surface area contributed by atoms with Crippen LogP contribution in [0.15, 0.2) is 35.8 Å². The second-order valence-electron chi connectivity index (χ2n) is 5.07. The fourth-order valence-electron chi connectivity index (χ4n) is 2.63. The first kappa shape index (κ1) is 13.1. The predicted molar refractivity (Wildman–Crippen MR) is 81.0 cm³/mol. The number of benzene rings is 1. The van der Waals surface area contributed by atoms with Gasteiger partial charge in [-0.25, -0.2) is 4.37 Å². The van der Waals surface area contributed by atoms with Crippen LogP contribution in [0.25, 0.3) is 0 Å². The summed E-state index contributed by atoms with van der Waals surface area (Å²) in [6.45, 7) is 1.47. The summed E-state index contributed by atoms with van der Waals surface area (Å²) in [5, 5.41) is 4.98. The highest BCUT2D eigenvalue weighted by Crippen LogP contribution is 2.34. The van der Waals surface area contributed by atoms with Gasteiger partial charge in [-0.3, -0.25) is 4.79 Å². The fraction of sp³-hybridized carbons (Fsp3) is 0.333. The molecule has 0 saturated heterocycles. The second-order valence-corrected chi connectivity index (χ2v) is 5.73. The molecule has 0 bridgehead atoms. The number of carbonyl (C=O) groups is 1. The van der Waals surface area contributed by atoms with Crippen molar-refractivity contribution in [2.75, 3.05) is 18.5 Å². The van der Waals surface area contributed by atoms with E-state index in [1.807, 2.05) is 17.5 Å². The molecular weight excluding hydrogens is 270 g/mol. The van der Waals surface area contributed by atoms with Gasteiger partial charge in [0, 0.05) is 43.0 Å². The van der Waals surface area contributed by atoms with E-state index in [0.717, 1.165) is 29.8 Å². The number of nitrogens with zero attached hydrogens (tertiary/aromatic N) is 2.